The maximum atomic E-state index is 6.11. The molecule has 0 saturated heterocycles. The van der Waals surface area contributed by atoms with Crippen molar-refractivity contribution in [2.24, 2.45) is 11.8 Å². The van der Waals surface area contributed by atoms with Crippen molar-refractivity contribution in [2.75, 3.05) is 0 Å². The summed E-state index contributed by atoms with van der Waals surface area (Å²) in [6, 6.07) is 6.46. The molecule has 1 aromatic carbocycles. The Labute approximate surface area is 130 Å². The van der Waals surface area contributed by atoms with Gasteiger partial charge < -0.3 is 4.57 Å². The van der Waals surface area contributed by atoms with E-state index in [1.54, 1.807) is 0 Å². The van der Waals surface area contributed by atoms with Crippen LogP contribution in [0.25, 0.3) is 11.0 Å². The molecule has 0 bridgehead atoms. The van der Waals surface area contributed by atoms with E-state index in [1.807, 2.05) is 12.1 Å². The molecular weight excluding hydrogens is 291 g/mol. The normalized spacial score (nSPS) is 27.1. The first-order valence-electron chi connectivity index (χ1n) is 7.32. The van der Waals surface area contributed by atoms with Crippen LogP contribution in [-0.2, 0) is 5.88 Å². The van der Waals surface area contributed by atoms with Gasteiger partial charge in [0.25, 0.3) is 0 Å². The van der Waals surface area contributed by atoms with Gasteiger partial charge in [0.15, 0.2) is 0 Å². The molecule has 3 unspecified atom stereocenters. The van der Waals surface area contributed by atoms with Gasteiger partial charge >= 0.3 is 0 Å². The zero-order valence-electron chi connectivity index (χ0n) is 11.9. The Bertz CT molecular complexity index is 620. The number of hydrogen-bond acceptors (Lipinski definition) is 1. The minimum Gasteiger partial charge on any atom is -0.324 e. The van der Waals surface area contributed by atoms with Gasteiger partial charge in [0.2, 0.25) is 0 Å². The van der Waals surface area contributed by atoms with Gasteiger partial charge in [0, 0.05) is 11.1 Å². The Kier molecular flexibility index (Phi) is 3.96. The summed E-state index contributed by atoms with van der Waals surface area (Å²) < 4.78 is 2.35. The SMILES string of the molecule is CC1CCC(n2c(CCl)nc3cc(Cl)ccc32)CC1C. The number of aromatic nitrogens is 2. The summed E-state index contributed by atoms with van der Waals surface area (Å²) in [5, 5.41) is 0.730. The first-order chi connectivity index (χ1) is 9.60. The van der Waals surface area contributed by atoms with Crippen molar-refractivity contribution < 1.29 is 0 Å². The number of rotatable bonds is 2. The van der Waals surface area contributed by atoms with Gasteiger partial charge in [-0.05, 0) is 49.3 Å². The lowest BCUT2D eigenvalue weighted by Crippen LogP contribution is -2.24. The first kappa shape index (κ1) is 14.2. The van der Waals surface area contributed by atoms with Crippen molar-refractivity contribution in [1.29, 1.82) is 0 Å². The second-order valence-electron chi connectivity index (χ2n) is 6.09. The van der Waals surface area contributed by atoms with E-state index in [0.717, 1.165) is 33.7 Å². The summed E-state index contributed by atoms with van der Waals surface area (Å²) >= 11 is 12.2. The Hall–Kier alpha value is -0.730. The molecule has 4 heteroatoms. The Morgan fingerprint density at radius 2 is 2.05 bits per heavy atom. The van der Waals surface area contributed by atoms with Crippen LogP contribution in [-0.4, -0.2) is 9.55 Å². The molecule has 0 aliphatic heterocycles. The first-order valence-corrected chi connectivity index (χ1v) is 8.23. The van der Waals surface area contributed by atoms with Crippen molar-refractivity contribution in [1.82, 2.24) is 9.55 Å². The monoisotopic (exact) mass is 310 g/mol. The van der Waals surface area contributed by atoms with Gasteiger partial charge in [0.1, 0.15) is 5.82 Å². The molecule has 3 rings (SSSR count). The van der Waals surface area contributed by atoms with Gasteiger partial charge in [-0.25, -0.2) is 4.98 Å². The molecular formula is C16H20Cl2N2. The fraction of sp³-hybridized carbons (Fsp3) is 0.562. The highest BCUT2D eigenvalue weighted by molar-refractivity contribution is 6.31. The van der Waals surface area contributed by atoms with E-state index in [-0.39, 0.29) is 0 Å². The van der Waals surface area contributed by atoms with Crippen LogP contribution in [0.15, 0.2) is 18.2 Å². The topological polar surface area (TPSA) is 17.8 Å². The molecule has 1 aromatic heterocycles. The van der Waals surface area contributed by atoms with Crippen LogP contribution in [0.5, 0.6) is 0 Å². The third kappa shape index (κ3) is 2.44. The second-order valence-corrected chi connectivity index (χ2v) is 6.79. The molecule has 0 radical (unpaired) electrons. The van der Waals surface area contributed by atoms with Crippen molar-refractivity contribution in [2.45, 2.75) is 45.0 Å². The maximum Gasteiger partial charge on any atom is 0.125 e. The number of benzene rings is 1. The minimum atomic E-state index is 0.451. The molecule has 1 aliphatic rings. The minimum absolute atomic E-state index is 0.451. The molecule has 1 saturated carbocycles. The quantitative estimate of drug-likeness (QED) is 0.677. The van der Waals surface area contributed by atoms with Gasteiger partial charge in [-0.1, -0.05) is 25.4 Å². The van der Waals surface area contributed by atoms with Crippen molar-refractivity contribution >= 4 is 34.2 Å². The summed E-state index contributed by atoms with van der Waals surface area (Å²) in [7, 11) is 0. The van der Waals surface area contributed by atoms with Crippen LogP contribution in [0.2, 0.25) is 5.02 Å². The fourth-order valence-electron chi connectivity index (χ4n) is 3.38. The van der Waals surface area contributed by atoms with Crippen molar-refractivity contribution in [3.8, 4) is 0 Å². The van der Waals surface area contributed by atoms with E-state index < -0.39 is 0 Å². The largest absolute Gasteiger partial charge is 0.324 e. The zero-order valence-corrected chi connectivity index (χ0v) is 13.5. The van der Waals surface area contributed by atoms with E-state index in [0.29, 0.717) is 11.9 Å². The molecule has 0 N–H and O–H groups in total. The molecule has 1 heterocycles. The third-order valence-corrected chi connectivity index (χ3v) is 5.25. The Balaban J connectivity index is 2.05. The smallest absolute Gasteiger partial charge is 0.125 e. The van der Waals surface area contributed by atoms with E-state index in [1.165, 1.54) is 19.3 Å². The predicted octanol–water partition coefficient (Wildman–Crippen LogP) is 5.43. The molecule has 20 heavy (non-hydrogen) atoms. The lowest BCUT2D eigenvalue weighted by atomic mass is 9.79. The lowest BCUT2D eigenvalue weighted by molar-refractivity contribution is 0.211. The van der Waals surface area contributed by atoms with Crippen LogP contribution in [0.4, 0.5) is 0 Å². The molecule has 1 fully saturated rings. The lowest BCUT2D eigenvalue weighted by Gasteiger charge is -2.33. The fourth-order valence-corrected chi connectivity index (χ4v) is 3.73. The van der Waals surface area contributed by atoms with Crippen molar-refractivity contribution in [3.05, 3.63) is 29.0 Å². The summed E-state index contributed by atoms with van der Waals surface area (Å²) in [5.74, 6) is 2.99. The van der Waals surface area contributed by atoms with Gasteiger partial charge in [-0.15, -0.1) is 11.6 Å². The number of alkyl halides is 1. The summed E-state index contributed by atoms with van der Waals surface area (Å²) in [6.07, 6.45) is 3.70. The Morgan fingerprint density at radius 1 is 1.25 bits per heavy atom. The molecule has 0 spiro atoms. The van der Waals surface area contributed by atoms with E-state index >= 15 is 0 Å². The van der Waals surface area contributed by atoms with Gasteiger partial charge in [0.05, 0.1) is 16.9 Å². The van der Waals surface area contributed by atoms with Crippen LogP contribution < -0.4 is 0 Å². The number of imidazole rings is 1. The molecule has 3 atom stereocenters. The van der Waals surface area contributed by atoms with Crippen LogP contribution in [0, 0.1) is 11.8 Å². The summed E-state index contributed by atoms with van der Waals surface area (Å²) in [4.78, 5) is 4.66. The van der Waals surface area contributed by atoms with Crippen LogP contribution >= 0.6 is 23.2 Å². The van der Waals surface area contributed by atoms with Gasteiger partial charge in [-0.2, -0.15) is 0 Å². The third-order valence-electron chi connectivity index (χ3n) is 4.78. The van der Waals surface area contributed by atoms with Gasteiger partial charge in [-0.3, -0.25) is 0 Å². The molecule has 108 valence electrons. The number of hydrogen-bond donors (Lipinski definition) is 0. The summed E-state index contributed by atoms with van der Waals surface area (Å²) in [6.45, 7) is 4.71. The van der Waals surface area contributed by atoms with E-state index in [2.05, 4.69) is 29.5 Å². The standard InChI is InChI=1S/C16H20Cl2N2/c1-10-3-5-13(7-11(10)2)20-15-6-4-12(18)8-14(15)19-16(20)9-17/h4,6,8,10-11,13H,3,5,7,9H2,1-2H3. The average Bonchev–Trinajstić information content (AvgIpc) is 2.79. The highest BCUT2D eigenvalue weighted by Crippen LogP contribution is 2.38. The Morgan fingerprint density at radius 3 is 2.75 bits per heavy atom. The number of nitrogens with zero attached hydrogens (tertiary/aromatic N) is 2. The summed E-state index contributed by atoms with van der Waals surface area (Å²) in [5.41, 5.74) is 2.12. The highest BCUT2D eigenvalue weighted by atomic mass is 35.5. The number of halogens is 2. The second kappa shape index (κ2) is 5.57. The van der Waals surface area contributed by atoms with E-state index in [9.17, 15) is 0 Å². The van der Waals surface area contributed by atoms with Crippen molar-refractivity contribution in [3.63, 3.8) is 0 Å². The maximum absolute atomic E-state index is 6.11. The van der Waals surface area contributed by atoms with Crippen LogP contribution in [0.3, 0.4) is 0 Å². The molecule has 1 aliphatic carbocycles. The zero-order chi connectivity index (χ0) is 14.3. The van der Waals surface area contributed by atoms with Crippen LogP contribution in [0.1, 0.15) is 45.0 Å². The average molecular weight is 311 g/mol. The predicted molar refractivity (Wildman–Crippen MR) is 85.5 cm³/mol. The van der Waals surface area contributed by atoms with E-state index in [4.69, 9.17) is 23.2 Å². The number of fused-ring (bicyclic) bond motifs is 1. The molecule has 0 amide bonds. The molecule has 2 aromatic rings. The highest BCUT2D eigenvalue weighted by Gasteiger charge is 2.28. The molecule has 2 nitrogen and oxygen atoms in total.